The molecule has 3 aromatic rings. The molecule has 2 heterocycles. The first-order chi connectivity index (χ1) is 9.06. The summed E-state index contributed by atoms with van der Waals surface area (Å²) in [5, 5.41) is 0. The van der Waals surface area contributed by atoms with Gasteiger partial charge in [-0.1, -0.05) is 0 Å². The molecule has 0 aliphatic rings. The fourth-order valence-electron chi connectivity index (χ4n) is 2.12. The van der Waals surface area contributed by atoms with E-state index in [9.17, 15) is 8.78 Å². The first-order valence-corrected chi connectivity index (χ1v) is 5.80. The maximum absolute atomic E-state index is 13.3. The van der Waals surface area contributed by atoms with E-state index >= 15 is 0 Å². The van der Waals surface area contributed by atoms with Crippen LogP contribution in [0, 0.1) is 18.6 Å². The average molecular weight is 259 g/mol. The topological polar surface area (TPSA) is 30.7 Å². The summed E-state index contributed by atoms with van der Waals surface area (Å²) in [6.45, 7) is 1.93. The van der Waals surface area contributed by atoms with E-state index in [4.69, 9.17) is 0 Å². The normalized spacial score (nSPS) is 11.2. The number of fused-ring (bicyclic) bond motifs is 1. The zero-order valence-corrected chi connectivity index (χ0v) is 10.5. The van der Waals surface area contributed by atoms with Gasteiger partial charge in [0.1, 0.15) is 5.82 Å². The smallest absolute Gasteiger partial charge is 0.161 e. The highest BCUT2D eigenvalue weighted by atomic mass is 19.2. The molecule has 1 aromatic carbocycles. The van der Waals surface area contributed by atoms with Gasteiger partial charge >= 0.3 is 0 Å². The van der Waals surface area contributed by atoms with Gasteiger partial charge in [0.05, 0.1) is 11.0 Å². The fraction of sp³-hybridized carbons (Fsp3) is 0.143. The van der Waals surface area contributed by atoms with Gasteiger partial charge < -0.3 is 4.57 Å². The standard InChI is InChI=1S/C14H11F2N3/c1-8-3-9(7-17-6-8)14-18-12-4-10(15)11(16)5-13(12)19(14)2/h3-7H,1-2H3. The van der Waals surface area contributed by atoms with Gasteiger partial charge in [0, 0.05) is 37.1 Å². The Morgan fingerprint density at radius 2 is 1.79 bits per heavy atom. The van der Waals surface area contributed by atoms with Crippen molar-refractivity contribution in [1.82, 2.24) is 14.5 Å². The predicted molar refractivity (Wildman–Crippen MR) is 68.6 cm³/mol. The number of aryl methyl sites for hydroxylation is 2. The molecule has 0 amide bonds. The van der Waals surface area contributed by atoms with Gasteiger partial charge in [-0.25, -0.2) is 13.8 Å². The number of hydrogen-bond donors (Lipinski definition) is 0. The maximum Gasteiger partial charge on any atom is 0.161 e. The lowest BCUT2D eigenvalue weighted by molar-refractivity contribution is 0.510. The Kier molecular flexibility index (Phi) is 2.55. The minimum absolute atomic E-state index is 0.429. The molecular formula is C14H11F2N3. The van der Waals surface area contributed by atoms with Crippen molar-refractivity contribution in [3.63, 3.8) is 0 Å². The monoisotopic (exact) mass is 259 g/mol. The second-order valence-electron chi connectivity index (χ2n) is 4.50. The van der Waals surface area contributed by atoms with Crippen LogP contribution in [-0.2, 0) is 7.05 Å². The molecule has 0 saturated heterocycles. The van der Waals surface area contributed by atoms with Gasteiger partial charge in [-0.05, 0) is 18.6 Å². The summed E-state index contributed by atoms with van der Waals surface area (Å²) >= 11 is 0. The lowest BCUT2D eigenvalue weighted by Crippen LogP contribution is -1.94. The van der Waals surface area contributed by atoms with Crippen molar-refractivity contribution in [1.29, 1.82) is 0 Å². The van der Waals surface area contributed by atoms with Crippen molar-refractivity contribution in [2.24, 2.45) is 7.05 Å². The van der Waals surface area contributed by atoms with E-state index in [0.29, 0.717) is 16.9 Å². The van der Waals surface area contributed by atoms with E-state index in [1.54, 1.807) is 24.0 Å². The Morgan fingerprint density at radius 1 is 1.05 bits per heavy atom. The minimum Gasteiger partial charge on any atom is -0.327 e. The number of nitrogens with zero attached hydrogens (tertiary/aromatic N) is 3. The van der Waals surface area contributed by atoms with Crippen LogP contribution in [0.15, 0.2) is 30.6 Å². The molecule has 2 aromatic heterocycles. The van der Waals surface area contributed by atoms with Crippen LogP contribution >= 0.6 is 0 Å². The Labute approximate surface area is 108 Å². The molecular weight excluding hydrogens is 248 g/mol. The Balaban J connectivity index is 2.28. The first-order valence-electron chi connectivity index (χ1n) is 5.80. The third-order valence-corrected chi connectivity index (χ3v) is 3.06. The second kappa shape index (κ2) is 4.12. The number of rotatable bonds is 1. The van der Waals surface area contributed by atoms with Crippen molar-refractivity contribution in [2.75, 3.05) is 0 Å². The van der Waals surface area contributed by atoms with Gasteiger partial charge in [-0.2, -0.15) is 0 Å². The molecule has 0 aliphatic heterocycles. The van der Waals surface area contributed by atoms with Crippen LogP contribution in [0.1, 0.15) is 5.56 Å². The van der Waals surface area contributed by atoms with Crippen LogP contribution in [0.25, 0.3) is 22.4 Å². The summed E-state index contributed by atoms with van der Waals surface area (Å²) in [7, 11) is 1.77. The van der Waals surface area contributed by atoms with Crippen LogP contribution < -0.4 is 0 Å². The second-order valence-corrected chi connectivity index (χ2v) is 4.50. The molecule has 0 saturated carbocycles. The lowest BCUT2D eigenvalue weighted by Gasteiger charge is -2.02. The largest absolute Gasteiger partial charge is 0.327 e. The van der Waals surface area contributed by atoms with Gasteiger partial charge in [0.2, 0.25) is 0 Å². The van der Waals surface area contributed by atoms with Crippen molar-refractivity contribution in [2.45, 2.75) is 6.92 Å². The molecule has 19 heavy (non-hydrogen) atoms. The van der Waals surface area contributed by atoms with E-state index in [-0.39, 0.29) is 0 Å². The summed E-state index contributed by atoms with van der Waals surface area (Å²) < 4.78 is 28.2. The van der Waals surface area contributed by atoms with Gasteiger partial charge in [-0.3, -0.25) is 4.98 Å². The Hall–Kier alpha value is -2.30. The highest BCUT2D eigenvalue weighted by Gasteiger charge is 2.13. The van der Waals surface area contributed by atoms with E-state index in [2.05, 4.69) is 9.97 Å². The number of pyridine rings is 1. The van der Waals surface area contributed by atoms with Crippen molar-refractivity contribution in [3.05, 3.63) is 47.8 Å². The molecule has 96 valence electrons. The number of hydrogen-bond acceptors (Lipinski definition) is 2. The molecule has 0 N–H and O–H groups in total. The molecule has 0 fully saturated rings. The van der Waals surface area contributed by atoms with Crippen molar-refractivity contribution < 1.29 is 8.78 Å². The van der Waals surface area contributed by atoms with Crippen LogP contribution in [-0.4, -0.2) is 14.5 Å². The van der Waals surface area contributed by atoms with Gasteiger partial charge in [0.25, 0.3) is 0 Å². The van der Waals surface area contributed by atoms with Crippen LogP contribution in [0.2, 0.25) is 0 Å². The number of halogens is 2. The van der Waals surface area contributed by atoms with Gasteiger partial charge in [-0.15, -0.1) is 0 Å². The SMILES string of the molecule is Cc1cncc(-c2nc3cc(F)c(F)cc3n2C)c1. The molecule has 0 atom stereocenters. The quantitative estimate of drug-likeness (QED) is 0.671. The summed E-state index contributed by atoms with van der Waals surface area (Å²) in [6, 6.07) is 4.20. The highest BCUT2D eigenvalue weighted by molar-refractivity contribution is 5.80. The average Bonchev–Trinajstić information content (AvgIpc) is 2.68. The molecule has 0 spiro atoms. The Morgan fingerprint density at radius 3 is 2.53 bits per heavy atom. The predicted octanol–water partition coefficient (Wildman–Crippen LogP) is 3.22. The molecule has 0 radical (unpaired) electrons. The van der Waals surface area contributed by atoms with Crippen LogP contribution in [0.4, 0.5) is 8.78 Å². The van der Waals surface area contributed by atoms with E-state index in [1.807, 2.05) is 13.0 Å². The van der Waals surface area contributed by atoms with Crippen LogP contribution in [0.5, 0.6) is 0 Å². The molecule has 0 aliphatic carbocycles. The molecule has 5 heteroatoms. The van der Waals surface area contributed by atoms with Gasteiger partial charge in [0.15, 0.2) is 11.6 Å². The zero-order chi connectivity index (χ0) is 13.6. The van der Waals surface area contributed by atoms with Crippen LogP contribution in [0.3, 0.4) is 0 Å². The van der Waals surface area contributed by atoms with Crippen molar-refractivity contribution in [3.8, 4) is 11.4 Å². The number of imidazole rings is 1. The third-order valence-electron chi connectivity index (χ3n) is 3.06. The third kappa shape index (κ3) is 1.87. The molecule has 0 bridgehead atoms. The maximum atomic E-state index is 13.3. The Bertz CT molecular complexity index is 778. The fourth-order valence-corrected chi connectivity index (χ4v) is 2.12. The summed E-state index contributed by atoms with van der Waals surface area (Å²) in [5.41, 5.74) is 2.80. The van der Waals surface area contributed by atoms with E-state index in [1.165, 1.54) is 0 Å². The molecule has 0 unspecified atom stereocenters. The minimum atomic E-state index is -0.889. The van der Waals surface area contributed by atoms with Crippen molar-refractivity contribution >= 4 is 11.0 Å². The first kappa shape index (κ1) is 11.8. The summed E-state index contributed by atoms with van der Waals surface area (Å²) in [5.74, 6) is -1.12. The highest BCUT2D eigenvalue weighted by Crippen LogP contribution is 2.25. The lowest BCUT2D eigenvalue weighted by atomic mass is 10.2. The summed E-state index contributed by atoms with van der Waals surface area (Å²) in [4.78, 5) is 8.45. The molecule has 3 rings (SSSR count). The van der Waals surface area contributed by atoms with E-state index < -0.39 is 11.6 Å². The number of aromatic nitrogens is 3. The zero-order valence-electron chi connectivity index (χ0n) is 10.5. The number of benzene rings is 1. The summed E-state index contributed by atoms with van der Waals surface area (Å²) in [6.07, 6.45) is 3.42. The van der Waals surface area contributed by atoms with E-state index in [0.717, 1.165) is 23.3 Å². The molecule has 3 nitrogen and oxygen atoms in total.